The van der Waals surface area contributed by atoms with E-state index in [0.29, 0.717) is 0 Å². The van der Waals surface area contributed by atoms with E-state index < -0.39 is 0 Å². The fourth-order valence-electron chi connectivity index (χ4n) is 0.231. The maximum absolute atomic E-state index is 5.79. The predicted molar refractivity (Wildman–Crippen MR) is 41.4 cm³/mol. The lowest BCUT2D eigenvalue weighted by molar-refractivity contribution is 1.52. The summed E-state index contributed by atoms with van der Waals surface area (Å²) in [6.45, 7) is 4.07. The van der Waals surface area contributed by atoms with E-state index in [1.807, 2.05) is 11.4 Å². The van der Waals surface area contributed by atoms with Gasteiger partial charge in [0.15, 0.2) is 0 Å². The molecule has 1 atom stereocenters. The Kier molecular flexibility index (Phi) is 6.01. The van der Waals surface area contributed by atoms with Crippen LogP contribution in [0.15, 0.2) is 0 Å². The van der Waals surface area contributed by atoms with Crippen LogP contribution in [0.3, 0.4) is 0 Å². The Labute approximate surface area is 55.3 Å². The Morgan fingerprint density at radius 2 is 2.14 bits per heavy atom. The molecule has 0 saturated carbocycles. The minimum atomic E-state index is -0.190. The van der Waals surface area contributed by atoms with Crippen LogP contribution < -0.4 is 0 Å². The molecule has 0 rings (SSSR count). The molecule has 0 aromatic carbocycles. The maximum atomic E-state index is 5.79. The SMILES string of the molecule is CCSP(Cl)CC. The van der Waals surface area contributed by atoms with E-state index in [1.54, 1.807) is 0 Å². The van der Waals surface area contributed by atoms with Crippen molar-refractivity contribution in [3.05, 3.63) is 0 Å². The van der Waals surface area contributed by atoms with Gasteiger partial charge in [0, 0.05) is 6.48 Å². The second kappa shape index (κ2) is 5.21. The Morgan fingerprint density at radius 1 is 1.57 bits per heavy atom. The van der Waals surface area contributed by atoms with Gasteiger partial charge in [-0.05, 0) is 11.9 Å². The van der Waals surface area contributed by atoms with Crippen molar-refractivity contribution in [1.29, 1.82) is 0 Å². The number of rotatable bonds is 3. The molecule has 0 aliphatic carbocycles. The van der Waals surface area contributed by atoms with Crippen LogP contribution in [0.2, 0.25) is 0 Å². The number of halogens is 1. The normalized spacial score (nSPS) is 14.1. The summed E-state index contributed by atoms with van der Waals surface area (Å²) in [6, 6.07) is 0. The zero-order valence-electron chi connectivity index (χ0n) is 4.65. The molecule has 7 heavy (non-hydrogen) atoms. The monoisotopic (exact) mass is 156 g/mol. The van der Waals surface area contributed by atoms with Gasteiger partial charge in [0.25, 0.3) is 0 Å². The molecule has 0 fully saturated rings. The third-order valence-electron chi connectivity index (χ3n) is 0.518. The van der Waals surface area contributed by atoms with E-state index in [2.05, 4.69) is 13.8 Å². The lowest BCUT2D eigenvalue weighted by Crippen LogP contribution is -1.63. The molecule has 0 aliphatic heterocycles. The summed E-state index contributed by atoms with van der Waals surface area (Å²) in [5.41, 5.74) is 0. The lowest BCUT2D eigenvalue weighted by Gasteiger charge is -1.99. The topological polar surface area (TPSA) is 0 Å². The Balaban J connectivity index is 2.83. The molecule has 0 heterocycles. The molecule has 0 bridgehead atoms. The zero-order valence-corrected chi connectivity index (χ0v) is 7.11. The molecule has 44 valence electrons. The van der Waals surface area contributed by atoms with Crippen molar-refractivity contribution in [2.45, 2.75) is 13.8 Å². The van der Waals surface area contributed by atoms with Gasteiger partial charge in [0.05, 0.1) is 0 Å². The summed E-state index contributed by atoms with van der Waals surface area (Å²) >= 11 is 7.65. The largest absolute Gasteiger partial charge is 0.118 e. The third kappa shape index (κ3) is 4.93. The van der Waals surface area contributed by atoms with Gasteiger partial charge in [-0.2, -0.15) is 0 Å². The molecule has 0 N–H and O–H groups in total. The van der Waals surface area contributed by atoms with E-state index in [-0.39, 0.29) is 6.48 Å². The van der Waals surface area contributed by atoms with E-state index in [0.717, 1.165) is 11.9 Å². The zero-order chi connectivity index (χ0) is 5.70. The first-order valence-electron chi connectivity index (χ1n) is 2.37. The highest BCUT2D eigenvalue weighted by atomic mass is 35.7. The quantitative estimate of drug-likeness (QED) is 0.565. The molecule has 0 spiro atoms. The van der Waals surface area contributed by atoms with Crippen LogP contribution in [0.4, 0.5) is 0 Å². The molecular weight excluding hydrogens is 147 g/mol. The molecule has 0 aromatic heterocycles. The van der Waals surface area contributed by atoms with Crippen molar-refractivity contribution in [2.75, 3.05) is 11.9 Å². The Hall–Kier alpha value is 1.07. The highest BCUT2D eigenvalue weighted by molar-refractivity contribution is 8.62. The minimum absolute atomic E-state index is 0.190. The van der Waals surface area contributed by atoms with Crippen molar-refractivity contribution < 1.29 is 0 Å². The van der Waals surface area contributed by atoms with Gasteiger partial charge in [-0.3, -0.25) is 0 Å². The first-order valence-corrected chi connectivity index (χ1v) is 6.39. The first kappa shape index (κ1) is 8.07. The van der Waals surface area contributed by atoms with Crippen LogP contribution in [-0.4, -0.2) is 11.9 Å². The van der Waals surface area contributed by atoms with Gasteiger partial charge < -0.3 is 0 Å². The van der Waals surface area contributed by atoms with Gasteiger partial charge in [0.1, 0.15) is 0 Å². The van der Waals surface area contributed by atoms with Crippen LogP contribution >= 0.6 is 29.1 Å². The summed E-state index contributed by atoms with van der Waals surface area (Å²) in [5, 5.41) is 0. The second-order valence-corrected chi connectivity index (χ2v) is 7.08. The van der Waals surface area contributed by atoms with Crippen LogP contribution in [0, 0.1) is 0 Å². The minimum Gasteiger partial charge on any atom is -0.118 e. The molecule has 0 radical (unpaired) electrons. The van der Waals surface area contributed by atoms with Gasteiger partial charge in [-0.25, -0.2) is 0 Å². The molecule has 0 saturated heterocycles. The second-order valence-electron chi connectivity index (χ2n) is 1.05. The van der Waals surface area contributed by atoms with E-state index >= 15 is 0 Å². The van der Waals surface area contributed by atoms with Crippen molar-refractivity contribution in [3.8, 4) is 0 Å². The van der Waals surface area contributed by atoms with Crippen molar-refractivity contribution >= 4 is 29.1 Å². The Bertz CT molecular complexity index is 42.7. The average Bonchev–Trinajstić information content (AvgIpc) is 1.68. The molecular formula is C4H10ClPS. The first-order chi connectivity index (χ1) is 3.31. The average molecular weight is 157 g/mol. The van der Waals surface area contributed by atoms with Crippen molar-refractivity contribution in [1.82, 2.24) is 0 Å². The molecule has 0 nitrogen and oxygen atoms in total. The van der Waals surface area contributed by atoms with Crippen LogP contribution in [0.1, 0.15) is 13.8 Å². The molecule has 0 aromatic rings. The smallest absolute Gasteiger partial charge is 0.0490 e. The fraction of sp³-hybridized carbons (Fsp3) is 1.00. The summed E-state index contributed by atoms with van der Waals surface area (Å²) < 4.78 is 0. The van der Waals surface area contributed by atoms with Crippen molar-refractivity contribution in [3.63, 3.8) is 0 Å². The third-order valence-corrected chi connectivity index (χ3v) is 5.54. The van der Waals surface area contributed by atoms with Gasteiger partial charge in [-0.1, -0.05) is 25.1 Å². The van der Waals surface area contributed by atoms with Gasteiger partial charge in [0.2, 0.25) is 0 Å². The van der Waals surface area contributed by atoms with Crippen molar-refractivity contribution in [2.24, 2.45) is 0 Å². The summed E-state index contributed by atoms with van der Waals surface area (Å²) in [4.78, 5) is 0. The highest BCUT2D eigenvalue weighted by Crippen LogP contribution is 2.53. The van der Waals surface area contributed by atoms with Gasteiger partial charge >= 0.3 is 0 Å². The van der Waals surface area contributed by atoms with Crippen LogP contribution in [0.25, 0.3) is 0 Å². The van der Waals surface area contributed by atoms with E-state index in [1.165, 1.54) is 0 Å². The standard InChI is InChI=1S/C4H10ClPS/c1-3-6(5)7-4-2/h3-4H2,1-2H3. The van der Waals surface area contributed by atoms with Gasteiger partial charge in [-0.15, -0.1) is 11.4 Å². The fourth-order valence-corrected chi connectivity index (χ4v) is 2.96. The van der Waals surface area contributed by atoms with Crippen LogP contribution in [0.5, 0.6) is 0 Å². The predicted octanol–water partition coefficient (Wildman–Crippen LogP) is 3.31. The summed E-state index contributed by atoms with van der Waals surface area (Å²) in [6.07, 6.45) is 1.13. The molecule has 1 unspecified atom stereocenters. The lowest BCUT2D eigenvalue weighted by atomic mass is 11.0. The molecule has 3 heteroatoms. The maximum Gasteiger partial charge on any atom is 0.0490 e. The van der Waals surface area contributed by atoms with E-state index in [4.69, 9.17) is 11.2 Å². The van der Waals surface area contributed by atoms with Crippen LogP contribution in [-0.2, 0) is 0 Å². The summed E-state index contributed by atoms with van der Waals surface area (Å²) in [7, 11) is 0. The Morgan fingerprint density at radius 3 is 2.29 bits per heavy atom. The highest BCUT2D eigenvalue weighted by Gasteiger charge is 1.95. The summed E-state index contributed by atoms with van der Waals surface area (Å²) in [5.74, 6) is 1.16. The number of hydrogen-bond donors (Lipinski definition) is 0. The molecule has 0 amide bonds. The number of hydrogen-bond acceptors (Lipinski definition) is 1. The van der Waals surface area contributed by atoms with E-state index in [9.17, 15) is 0 Å². The molecule has 0 aliphatic rings.